The van der Waals surface area contributed by atoms with Crippen LogP contribution in [0, 0.1) is 0 Å². The summed E-state index contributed by atoms with van der Waals surface area (Å²) in [7, 11) is 3.52. The van der Waals surface area contributed by atoms with E-state index in [1.165, 1.54) is 0 Å². The predicted octanol–water partition coefficient (Wildman–Crippen LogP) is 1.78. The third kappa shape index (κ3) is 2.09. The van der Waals surface area contributed by atoms with Crippen LogP contribution >= 0.6 is 0 Å². The van der Waals surface area contributed by atoms with Crippen molar-refractivity contribution in [2.75, 3.05) is 26.9 Å². The number of aryl methyl sites for hydroxylation is 1. The molecule has 1 atom stereocenters. The van der Waals surface area contributed by atoms with Crippen molar-refractivity contribution in [3.8, 4) is 5.75 Å². The number of aromatic nitrogens is 1. The molecule has 0 saturated carbocycles. The maximum atomic E-state index is 12.6. The Morgan fingerprint density at radius 2 is 2.25 bits per heavy atom. The fourth-order valence-corrected chi connectivity index (χ4v) is 2.58. The molecule has 0 bridgehead atoms. The molecule has 1 aliphatic rings. The smallest absolute Gasteiger partial charge is 0.196 e. The monoisotopic (exact) mass is 275 g/mol. The molecule has 3 rings (SSSR count). The third-order valence-corrected chi connectivity index (χ3v) is 3.57. The van der Waals surface area contributed by atoms with Crippen LogP contribution in [0.4, 0.5) is 0 Å². The van der Waals surface area contributed by atoms with Gasteiger partial charge in [0.2, 0.25) is 0 Å². The molecule has 1 aromatic carbocycles. The average Bonchev–Trinajstić information content (AvgIpc) is 2.85. The van der Waals surface area contributed by atoms with E-state index >= 15 is 0 Å². The number of hydrogen-bond acceptors (Lipinski definition) is 4. The van der Waals surface area contributed by atoms with Crippen molar-refractivity contribution >= 4 is 16.7 Å². The topological polar surface area (TPSA) is 49.7 Å². The fourth-order valence-electron chi connectivity index (χ4n) is 2.58. The van der Waals surface area contributed by atoms with Crippen LogP contribution in [-0.2, 0) is 16.5 Å². The summed E-state index contributed by atoms with van der Waals surface area (Å²) in [4.78, 5) is 12.6. The van der Waals surface area contributed by atoms with Crippen LogP contribution in [0.15, 0.2) is 24.4 Å². The van der Waals surface area contributed by atoms with E-state index in [9.17, 15) is 4.79 Å². The van der Waals surface area contributed by atoms with Crippen LogP contribution in [0.25, 0.3) is 10.9 Å². The first-order valence-electron chi connectivity index (χ1n) is 6.58. The van der Waals surface area contributed by atoms with Crippen molar-refractivity contribution in [2.24, 2.45) is 7.05 Å². The standard InChI is InChI=1S/C15H17NO4/c1-16-8-10(15(17)13-9-19-6-7-20-13)14-11(16)4-3-5-12(14)18-2/h3-5,8,13H,6-7,9H2,1-2H3. The maximum absolute atomic E-state index is 12.6. The SMILES string of the molecule is COc1cccc2c1c(C(=O)C1COCCO1)cn2C. The minimum Gasteiger partial charge on any atom is -0.496 e. The molecule has 2 aromatic rings. The molecule has 1 saturated heterocycles. The van der Waals surface area contributed by atoms with Gasteiger partial charge in [-0.1, -0.05) is 6.07 Å². The first-order chi connectivity index (χ1) is 9.72. The van der Waals surface area contributed by atoms with Gasteiger partial charge >= 0.3 is 0 Å². The molecule has 5 nitrogen and oxygen atoms in total. The zero-order chi connectivity index (χ0) is 14.1. The van der Waals surface area contributed by atoms with Gasteiger partial charge in [-0.15, -0.1) is 0 Å². The van der Waals surface area contributed by atoms with Crippen LogP contribution in [0.2, 0.25) is 0 Å². The number of rotatable bonds is 3. The number of Topliss-reactive ketones (excluding diaryl/α,β-unsaturated/α-hetero) is 1. The lowest BCUT2D eigenvalue weighted by Crippen LogP contribution is -2.35. The Kier molecular flexibility index (Phi) is 3.46. The second-order valence-corrected chi connectivity index (χ2v) is 4.81. The summed E-state index contributed by atoms with van der Waals surface area (Å²) in [6.45, 7) is 1.31. The first kappa shape index (κ1) is 13.1. The van der Waals surface area contributed by atoms with Crippen molar-refractivity contribution in [2.45, 2.75) is 6.10 Å². The quantitative estimate of drug-likeness (QED) is 0.801. The summed E-state index contributed by atoms with van der Waals surface area (Å²) >= 11 is 0. The largest absolute Gasteiger partial charge is 0.496 e. The lowest BCUT2D eigenvalue weighted by Gasteiger charge is -2.21. The molecule has 0 N–H and O–H groups in total. The molecule has 1 unspecified atom stereocenters. The molecule has 0 aliphatic carbocycles. The molecule has 1 fully saturated rings. The van der Waals surface area contributed by atoms with Crippen LogP contribution in [-0.4, -0.2) is 43.4 Å². The molecule has 2 heterocycles. The molecule has 1 aliphatic heterocycles. The zero-order valence-corrected chi connectivity index (χ0v) is 11.6. The van der Waals surface area contributed by atoms with Gasteiger partial charge in [0.25, 0.3) is 0 Å². The lowest BCUT2D eigenvalue weighted by atomic mass is 10.0. The van der Waals surface area contributed by atoms with E-state index in [0.29, 0.717) is 31.1 Å². The van der Waals surface area contributed by atoms with Gasteiger partial charge in [0.15, 0.2) is 5.78 Å². The molecule has 1 aromatic heterocycles. The highest BCUT2D eigenvalue weighted by Crippen LogP contribution is 2.31. The van der Waals surface area contributed by atoms with E-state index < -0.39 is 6.10 Å². The summed E-state index contributed by atoms with van der Waals surface area (Å²) < 4.78 is 18.1. The number of carbonyl (C=O) groups excluding carboxylic acids is 1. The van der Waals surface area contributed by atoms with Gasteiger partial charge in [-0.2, -0.15) is 0 Å². The van der Waals surface area contributed by atoms with Crippen LogP contribution in [0.5, 0.6) is 5.75 Å². The number of hydrogen-bond donors (Lipinski definition) is 0. The second kappa shape index (κ2) is 5.26. The molecule has 0 radical (unpaired) electrons. The lowest BCUT2D eigenvalue weighted by molar-refractivity contribution is -0.0718. The number of carbonyl (C=O) groups is 1. The number of fused-ring (bicyclic) bond motifs is 1. The van der Waals surface area contributed by atoms with Crippen molar-refractivity contribution in [3.05, 3.63) is 30.0 Å². The van der Waals surface area contributed by atoms with Crippen molar-refractivity contribution in [3.63, 3.8) is 0 Å². The van der Waals surface area contributed by atoms with E-state index in [0.717, 1.165) is 10.9 Å². The van der Waals surface area contributed by atoms with E-state index in [-0.39, 0.29) is 5.78 Å². The van der Waals surface area contributed by atoms with Gasteiger partial charge < -0.3 is 18.8 Å². The number of methoxy groups -OCH3 is 1. The Hall–Kier alpha value is -1.85. The Morgan fingerprint density at radius 1 is 1.40 bits per heavy atom. The Balaban J connectivity index is 2.08. The minimum absolute atomic E-state index is 0.0557. The van der Waals surface area contributed by atoms with Gasteiger partial charge in [-0.05, 0) is 12.1 Å². The highest BCUT2D eigenvalue weighted by molar-refractivity contribution is 6.12. The van der Waals surface area contributed by atoms with Crippen LogP contribution < -0.4 is 4.74 Å². The van der Waals surface area contributed by atoms with Gasteiger partial charge in [0.1, 0.15) is 11.9 Å². The van der Waals surface area contributed by atoms with E-state index in [1.54, 1.807) is 7.11 Å². The number of nitrogens with zero attached hydrogens (tertiary/aromatic N) is 1. The zero-order valence-electron chi connectivity index (χ0n) is 11.6. The Morgan fingerprint density at radius 3 is 2.95 bits per heavy atom. The highest BCUT2D eigenvalue weighted by Gasteiger charge is 2.27. The van der Waals surface area contributed by atoms with Gasteiger partial charge in [0, 0.05) is 18.8 Å². The molecular weight excluding hydrogens is 258 g/mol. The molecule has 0 amide bonds. The van der Waals surface area contributed by atoms with Crippen molar-refractivity contribution in [1.29, 1.82) is 0 Å². The summed E-state index contributed by atoms with van der Waals surface area (Å²) in [5, 5.41) is 0.830. The van der Waals surface area contributed by atoms with Crippen molar-refractivity contribution in [1.82, 2.24) is 4.57 Å². The van der Waals surface area contributed by atoms with Crippen LogP contribution in [0.3, 0.4) is 0 Å². The highest BCUT2D eigenvalue weighted by atomic mass is 16.6. The van der Waals surface area contributed by atoms with E-state index in [4.69, 9.17) is 14.2 Å². The summed E-state index contributed by atoms with van der Waals surface area (Å²) in [5.74, 6) is 0.642. The van der Waals surface area contributed by atoms with E-state index in [2.05, 4.69) is 0 Å². The summed E-state index contributed by atoms with van der Waals surface area (Å²) in [6.07, 6.45) is 1.30. The summed E-state index contributed by atoms with van der Waals surface area (Å²) in [5.41, 5.74) is 1.58. The molecule has 106 valence electrons. The molecule has 0 spiro atoms. The number of ketones is 1. The third-order valence-electron chi connectivity index (χ3n) is 3.57. The Labute approximate surface area is 117 Å². The average molecular weight is 275 g/mol. The second-order valence-electron chi connectivity index (χ2n) is 4.81. The van der Waals surface area contributed by atoms with Gasteiger partial charge in [-0.3, -0.25) is 4.79 Å². The number of ether oxygens (including phenoxy) is 3. The maximum Gasteiger partial charge on any atom is 0.196 e. The molecule has 20 heavy (non-hydrogen) atoms. The predicted molar refractivity (Wildman–Crippen MR) is 74.4 cm³/mol. The first-order valence-corrected chi connectivity index (χ1v) is 6.58. The number of benzene rings is 1. The molecule has 5 heteroatoms. The minimum atomic E-state index is -0.528. The molecular formula is C15H17NO4. The summed E-state index contributed by atoms with van der Waals surface area (Å²) in [6, 6.07) is 5.74. The van der Waals surface area contributed by atoms with Crippen molar-refractivity contribution < 1.29 is 19.0 Å². The van der Waals surface area contributed by atoms with Gasteiger partial charge in [-0.25, -0.2) is 0 Å². The van der Waals surface area contributed by atoms with E-state index in [1.807, 2.05) is 36.0 Å². The Bertz CT molecular complexity index is 641. The normalized spacial score (nSPS) is 19.2. The fraction of sp³-hybridized carbons (Fsp3) is 0.400. The van der Waals surface area contributed by atoms with Crippen LogP contribution in [0.1, 0.15) is 10.4 Å². The van der Waals surface area contributed by atoms with Gasteiger partial charge in [0.05, 0.1) is 37.8 Å².